The summed E-state index contributed by atoms with van der Waals surface area (Å²) >= 11 is 0. The number of methoxy groups -OCH3 is 1. The van der Waals surface area contributed by atoms with Crippen LogP contribution in [0, 0.1) is 10.8 Å². The summed E-state index contributed by atoms with van der Waals surface area (Å²) in [4.78, 5) is 26.1. The molecule has 1 aromatic rings. The number of amides is 1. The molecule has 0 spiro atoms. The lowest BCUT2D eigenvalue weighted by Crippen LogP contribution is -2.45. The third-order valence-corrected chi connectivity index (χ3v) is 4.67. The average Bonchev–Trinajstić information content (AvgIpc) is 3.01. The Morgan fingerprint density at radius 2 is 1.96 bits per heavy atom. The summed E-state index contributed by atoms with van der Waals surface area (Å²) in [7, 11) is 1.48. The van der Waals surface area contributed by atoms with Crippen LogP contribution < -0.4 is 0 Å². The smallest absolute Gasteiger partial charge is 0.313 e. The number of carbonyl (C=O) groups is 2. The predicted octanol–water partition coefficient (Wildman–Crippen LogP) is 2.18. The maximum Gasteiger partial charge on any atom is 0.313 e. The molecule has 1 fully saturated rings. The number of benzene rings is 1. The van der Waals surface area contributed by atoms with Crippen LogP contribution in [0.4, 0.5) is 0 Å². The molecule has 1 amide bonds. The molecule has 1 saturated heterocycles. The molecule has 0 bridgehead atoms. The van der Waals surface area contributed by atoms with Crippen LogP contribution >= 0.6 is 0 Å². The van der Waals surface area contributed by atoms with Crippen molar-refractivity contribution in [2.24, 2.45) is 10.8 Å². The van der Waals surface area contributed by atoms with Gasteiger partial charge in [0.05, 0.1) is 25.2 Å². The maximum atomic E-state index is 12.8. The number of carboxylic acid groups (broad SMARTS) is 1. The summed E-state index contributed by atoms with van der Waals surface area (Å²) in [6.45, 7) is 5.10. The van der Waals surface area contributed by atoms with Crippen LogP contribution in [-0.2, 0) is 25.7 Å². The molecule has 6 heteroatoms. The molecular formula is C19H27NO5. The minimum Gasteiger partial charge on any atom is -0.481 e. The molecule has 1 atom stereocenters. The Balaban J connectivity index is 1.93. The van der Waals surface area contributed by atoms with Gasteiger partial charge in [0, 0.05) is 20.2 Å². The summed E-state index contributed by atoms with van der Waals surface area (Å²) in [5, 5.41) is 9.52. The van der Waals surface area contributed by atoms with E-state index in [2.05, 4.69) is 0 Å². The molecule has 25 heavy (non-hydrogen) atoms. The summed E-state index contributed by atoms with van der Waals surface area (Å²) in [5.74, 6) is -0.998. The molecular weight excluding hydrogens is 322 g/mol. The standard InChI is InChI=1S/C19H27NO5/c1-18(2,13-25-11-15-7-5-4-6-8-15)16(21)20-10-9-19(12-20,14-24-3)17(22)23/h4-8H,9-14H2,1-3H3,(H,22,23). The van der Waals surface area contributed by atoms with Crippen LogP contribution in [-0.4, -0.2) is 55.3 Å². The minimum atomic E-state index is -1.01. The van der Waals surface area contributed by atoms with E-state index < -0.39 is 16.8 Å². The van der Waals surface area contributed by atoms with Crippen molar-refractivity contribution in [2.75, 3.05) is 33.4 Å². The average molecular weight is 349 g/mol. The summed E-state index contributed by atoms with van der Waals surface area (Å²) in [5.41, 5.74) is -0.668. The van der Waals surface area contributed by atoms with Crippen LogP contribution in [0.2, 0.25) is 0 Å². The first-order valence-corrected chi connectivity index (χ1v) is 8.44. The van der Waals surface area contributed by atoms with E-state index in [9.17, 15) is 14.7 Å². The summed E-state index contributed by atoms with van der Waals surface area (Å²) in [6, 6.07) is 9.78. The zero-order chi connectivity index (χ0) is 18.5. The van der Waals surface area contributed by atoms with E-state index in [0.717, 1.165) is 5.56 Å². The van der Waals surface area contributed by atoms with Crippen LogP contribution in [0.3, 0.4) is 0 Å². The van der Waals surface area contributed by atoms with Gasteiger partial charge in [0.25, 0.3) is 0 Å². The van der Waals surface area contributed by atoms with Gasteiger partial charge in [-0.1, -0.05) is 30.3 Å². The maximum absolute atomic E-state index is 12.8. The van der Waals surface area contributed by atoms with Gasteiger partial charge in [-0.2, -0.15) is 0 Å². The molecule has 138 valence electrons. The Bertz CT molecular complexity index is 601. The molecule has 0 radical (unpaired) electrons. The van der Waals surface area contributed by atoms with Crippen molar-refractivity contribution in [3.8, 4) is 0 Å². The molecule has 0 aliphatic carbocycles. The molecule has 1 aliphatic rings. The molecule has 1 N–H and O–H groups in total. The van der Waals surface area contributed by atoms with E-state index in [4.69, 9.17) is 9.47 Å². The van der Waals surface area contributed by atoms with Crippen molar-refractivity contribution in [3.05, 3.63) is 35.9 Å². The van der Waals surface area contributed by atoms with Crippen molar-refractivity contribution < 1.29 is 24.2 Å². The second-order valence-electron chi connectivity index (χ2n) is 7.36. The van der Waals surface area contributed by atoms with E-state index in [-0.39, 0.29) is 25.7 Å². The fourth-order valence-corrected chi connectivity index (χ4v) is 3.16. The highest BCUT2D eigenvalue weighted by Gasteiger charge is 2.48. The minimum absolute atomic E-state index is 0.0835. The number of carboxylic acids is 1. The topological polar surface area (TPSA) is 76.1 Å². The second kappa shape index (κ2) is 7.97. The fraction of sp³-hybridized carbons (Fsp3) is 0.579. The Labute approximate surface area is 148 Å². The highest BCUT2D eigenvalue weighted by atomic mass is 16.5. The number of hydrogen-bond donors (Lipinski definition) is 1. The third-order valence-electron chi connectivity index (χ3n) is 4.67. The van der Waals surface area contributed by atoms with Gasteiger partial charge in [-0.25, -0.2) is 0 Å². The van der Waals surface area contributed by atoms with Gasteiger partial charge in [-0.3, -0.25) is 9.59 Å². The van der Waals surface area contributed by atoms with Crippen molar-refractivity contribution >= 4 is 11.9 Å². The van der Waals surface area contributed by atoms with Crippen LogP contribution in [0.25, 0.3) is 0 Å². The largest absolute Gasteiger partial charge is 0.481 e. The van der Waals surface area contributed by atoms with Crippen LogP contribution in [0.1, 0.15) is 25.8 Å². The highest BCUT2D eigenvalue weighted by molar-refractivity contribution is 5.84. The number of carbonyl (C=O) groups excluding carboxylic acids is 1. The Hall–Kier alpha value is -1.92. The number of likely N-dealkylation sites (tertiary alicyclic amines) is 1. The number of nitrogens with zero attached hydrogens (tertiary/aromatic N) is 1. The van der Waals surface area contributed by atoms with Crippen molar-refractivity contribution in [2.45, 2.75) is 26.9 Å². The zero-order valence-corrected chi connectivity index (χ0v) is 15.2. The first-order chi connectivity index (χ1) is 11.8. The Kier molecular flexibility index (Phi) is 6.19. The molecule has 1 aliphatic heterocycles. The lowest BCUT2D eigenvalue weighted by atomic mass is 9.88. The first kappa shape index (κ1) is 19.4. The van der Waals surface area contributed by atoms with E-state index in [1.807, 2.05) is 44.2 Å². The number of aliphatic carboxylic acids is 1. The van der Waals surface area contributed by atoms with Crippen LogP contribution in [0.15, 0.2) is 30.3 Å². The quantitative estimate of drug-likeness (QED) is 0.778. The van der Waals surface area contributed by atoms with Gasteiger partial charge < -0.3 is 19.5 Å². The van der Waals surface area contributed by atoms with Gasteiger partial charge in [-0.15, -0.1) is 0 Å². The van der Waals surface area contributed by atoms with Crippen molar-refractivity contribution in [1.29, 1.82) is 0 Å². The van der Waals surface area contributed by atoms with Gasteiger partial charge in [0.15, 0.2) is 0 Å². The van der Waals surface area contributed by atoms with Crippen LogP contribution in [0.5, 0.6) is 0 Å². The molecule has 6 nitrogen and oxygen atoms in total. The molecule has 1 aromatic carbocycles. The third kappa shape index (κ3) is 4.58. The van der Waals surface area contributed by atoms with E-state index >= 15 is 0 Å². The Morgan fingerprint density at radius 3 is 2.56 bits per heavy atom. The molecule has 1 heterocycles. The van der Waals surface area contributed by atoms with E-state index in [1.54, 1.807) is 4.90 Å². The number of hydrogen-bond acceptors (Lipinski definition) is 4. The number of ether oxygens (including phenoxy) is 2. The molecule has 1 unspecified atom stereocenters. The van der Waals surface area contributed by atoms with E-state index in [0.29, 0.717) is 19.6 Å². The molecule has 0 saturated carbocycles. The van der Waals surface area contributed by atoms with Crippen molar-refractivity contribution in [1.82, 2.24) is 4.90 Å². The summed E-state index contributed by atoms with van der Waals surface area (Å²) < 4.78 is 10.8. The van der Waals surface area contributed by atoms with Crippen molar-refractivity contribution in [3.63, 3.8) is 0 Å². The van der Waals surface area contributed by atoms with Gasteiger partial charge in [-0.05, 0) is 25.8 Å². The fourth-order valence-electron chi connectivity index (χ4n) is 3.16. The van der Waals surface area contributed by atoms with Gasteiger partial charge in [0.2, 0.25) is 5.91 Å². The monoisotopic (exact) mass is 349 g/mol. The predicted molar refractivity (Wildman–Crippen MR) is 93.0 cm³/mol. The second-order valence-corrected chi connectivity index (χ2v) is 7.36. The van der Waals surface area contributed by atoms with E-state index in [1.165, 1.54) is 7.11 Å². The number of rotatable bonds is 8. The summed E-state index contributed by atoms with van der Waals surface area (Å²) in [6.07, 6.45) is 0.406. The Morgan fingerprint density at radius 1 is 1.28 bits per heavy atom. The molecule has 0 aromatic heterocycles. The SMILES string of the molecule is COCC1(C(=O)O)CCN(C(=O)C(C)(C)COCc2ccccc2)C1. The highest BCUT2D eigenvalue weighted by Crippen LogP contribution is 2.34. The molecule has 2 rings (SSSR count). The van der Waals surface area contributed by atoms with Gasteiger partial charge in [0.1, 0.15) is 5.41 Å². The van der Waals surface area contributed by atoms with Gasteiger partial charge >= 0.3 is 5.97 Å². The lowest BCUT2D eigenvalue weighted by molar-refractivity contribution is -0.152. The first-order valence-electron chi connectivity index (χ1n) is 8.44. The lowest BCUT2D eigenvalue weighted by Gasteiger charge is -2.30. The zero-order valence-electron chi connectivity index (χ0n) is 15.2. The normalized spacial score (nSPS) is 20.7.